The number of carbonyl (C=O) groups is 3. The maximum Gasteiger partial charge on any atom is 0.408 e. The molecule has 0 heterocycles. The van der Waals surface area contributed by atoms with E-state index in [-0.39, 0.29) is 0 Å². The minimum atomic E-state index is -1.31. The van der Waals surface area contributed by atoms with Gasteiger partial charge in [0.2, 0.25) is 5.91 Å². The van der Waals surface area contributed by atoms with Crippen LogP contribution < -0.4 is 10.6 Å². The third kappa shape index (κ3) is 8.20. The Morgan fingerprint density at radius 2 is 1.71 bits per heavy atom. The molecule has 208 valence electrons. The number of aryl methyl sites for hydroxylation is 2. The van der Waals surface area contributed by atoms with Crippen LogP contribution in [-0.4, -0.2) is 52.2 Å². The van der Waals surface area contributed by atoms with E-state index in [1.807, 2.05) is 58.0 Å². The van der Waals surface area contributed by atoms with Crippen molar-refractivity contribution in [1.29, 1.82) is 0 Å². The number of ether oxygens (including phenoxy) is 1. The lowest BCUT2D eigenvalue weighted by atomic mass is 9.98. The molecular weight excluding hydrogens is 506 g/mol. The summed E-state index contributed by atoms with van der Waals surface area (Å²) in [6.07, 6.45) is 0.503. The molecule has 0 saturated heterocycles. The van der Waals surface area contributed by atoms with Crippen molar-refractivity contribution in [3.63, 3.8) is 0 Å². The third-order valence-electron chi connectivity index (χ3n) is 6.19. The fourth-order valence-electron chi connectivity index (χ4n) is 3.97. The summed E-state index contributed by atoms with van der Waals surface area (Å²) in [4.78, 5) is 41.7. The Labute approximate surface area is 230 Å². The SMILES string of the molecule is CCc1ccc(C(C(=O)Nc2c(C)cccc2Cl)N(C(=O)C(CO)NC(=O)OC(C)(C)C)C(C)CC)cc1. The van der Waals surface area contributed by atoms with E-state index >= 15 is 0 Å². The molecule has 0 aromatic heterocycles. The minimum Gasteiger partial charge on any atom is -0.444 e. The molecule has 0 aliphatic heterocycles. The molecule has 0 saturated carbocycles. The van der Waals surface area contributed by atoms with Gasteiger partial charge in [0.15, 0.2) is 0 Å². The Morgan fingerprint density at radius 1 is 1.08 bits per heavy atom. The Kier molecular flexibility index (Phi) is 11.2. The van der Waals surface area contributed by atoms with Gasteiger partial charge in [0.05, 0.1) is 17.3 Å². The van der Waals surface area contributed by atoms with E-state index in [0.29, 0.717) is 22.7 Å². The number of hydrogen-bond donors (Lipinski definition) is 3. The quantitative estimate of drug-likeness (QED) is 0.370. The fourth-order valence-corrected chi connectivity index (χ4v) is 4.24. The van der Waals surface area contributed by atoms with Gasteiger partial charge >= 0.3 is 6.09 Å². The number of aliphatic hydroxyl groups excluding tert-OH is 1. The van der Waals surface area contributed by atoms with Gasteiger partial charge in [-0.15, -0.1) is 0 Å². The molecule has 0 spiro atoms. The smallest absolute Gasteiger partial charge is 0.408 e. The first kappa shape index (κ1) is 31.1. The molecule has 3 unspecified atom stereocenters. The summed E-state index contributed by atoms with van der Waals surface area (Å²) in [6, 6.07) is 9.98. The summed E-state index contributed by atoms with van der Waals surface area (Å²) < 4.78 is 5.28. The van der Waals surface area contributed by atoms with Crippen LogP contribution in [0.15, 0.2) is 42.5 Å². The summed E-state index contributed by atoms with van der Waals surface area (Å²) in [7, 11) is 0. The van der Waals surface area contributed by atoms with Crippen LogP contribution in [0, 0.1) is 6.92 Å². The van der Waals surface area contributed by atoms with Crippen LogP contribution in [0.5, 0.6) is 0 Å². The maximum absolute atomic E-state index is 13.9. The highest BCUT2D eigenvalue weighted by Crippen LogP contribution is 2.31. The predicted molar refractivity (Wildman–Crippen MR) is 150 cm³/mol. The largest absolute Gasteiger partial charge is 0.444 e. The second kappa shape index (κ2) is 13.6. The molecule has 0 bridgehead atoms. The molecule has 2 aromatic rings. The molecule has 3 atom stereocenters. The van der Waals surface area contributed by atoms with E-state index in [1.54, 1.807) is 32.9 Å². The number of anilines is 1. The molecule has 8 nitrogen and oxygen atoms in total. The molecule has 3 amide bonds. The molecule has 0 fully saturated rings. The van der Waals surface area contributed by atoms with Crippen LogP contribution in [0.25, 0.3) is 0 Å². The first-order valence-corrected chi connectivity index (χ1v) is 13.3. The molecule has 2 rings (SSSR count). The van der Waals surface area contributed by atoms with Crippen LogP contribution in [0.1, 0.15) is 70.7 Å². The number of carbonyl (C=O) groups excluding carboxylic acids is 3. The lowest BCUT2D eigenvalue weighted by molar-refractivity contribution is -0.144. The van der Waals surface area contributed by atoms with Crippen LogP contribution in [0.3, 0.4) is 0 Å². The number of nitrogens with zero attached hydrogens (tertiary/aromatic N) is 1. The van der Waals surface area contributed by atoms with Gasteiger partial charge in [-0.3, -0.25) is 9.59 Å². The summed E-state index contributed by atoms with van der Waals surface area (Å²) >= 11 is 6.39. The van der Waals surface area contributed by atoms with E-state index in [1.165, 1.54) is 4.90 Å². The second-order valence-corrected chi connectivity index (χ2v) is 10.7. The van der Waals surface area contributed by atoms with Crippen molar-refractivity contribution in [1.82, 2.24) is 10.2 Å². The number of hydrogen-bond acceptors (Lipinski definition) is 5. The standard InChI is InChI=1S/C29H40ClN3O5/c1-8-19(4)33(27(36)23(17-34)31-28(37)38-29(5,6)7)25(21-15-13-20(9-2)14-16-21)26(35)32-24-18(3)11-10-12-22(24)30/h10-16,19,23,25,34H,8-9,17H2,1-7H3,(H,31,37)(H,32,35). The van der Waals surface area contributed by atoms with Gasteiger partial charge in [-0.05, 0) is 70.2 Å². The van der Waals surface area contributed by atoms with E-state index in [4.69, 9.17) is 16.3 Å². The van der Waals surface area contributed by atoms with Gasteiger partial charge in [-0.1, -0.05) is 61.8 Å². The van der Waals surface area contributed by atoms with Crippen molar-refractivity contribution in [3.8, 4) is 0 Å². The number of nitrogens with one attached hydrogen (secondary N) is 2. The molecule has 38 heavy (non-hydrogen) atoms. The predicted octanol–water partition coefficient (Wildman–Crippen LogP) is 5.40. The highest BCUT2D eigenvalue weighted by molar-refractivity contribution is 6.34. The zero-order valence-corrected chi connectivity index (χ0v) is 24.1. The highest BCUT2D eigenvalue weighted by atomic mass is 35.5. The van der Waals surface area contributed by atoms with E-state index in [0.717, 1.165) is 17.5 Å². The zero-order chi connectivity index (χ0) is 28.6. The topological polar surface area (TPSA) is 108 Å². The zero-order valence-electron chi connectivity index (χ0n) is 23.3. The Morgan fingerprint density at radius 3 is 2.21 bits per heavy atom. The number of alkyl carbamates (subject to hydrolysis) is 1. The summed E-state index contributed by atoms with van der Waals surface area (Å²) in [6.45, 7) is 12.0. The number of para-hydroxylation sites is 1. The van der Waals surface area contributed by atoms with Crippen LogP contribution >= 0.6 is 11.6 Å². The fraction of sp³-hybridized carbons (Fsp3) is 0.483. The van der Waals surface area contributed by atoms with Gasteiger partial charge < -0.3 is 25.4 Å². The van der Waals surface area contributed by atoms with E-state index in [2.05, 4.69) is 10.6 Å². The maximum atomic E-state index is 13.9. The van der Waals surface area contributed by atoms with Crippen molar-refractivity contribution >= 4 is 35.2 Å². The van der Waals surface area contributed by atoms with Crippen molar-refractivity contribution < 1.29 is 24.2 Å². The second-order valence-electron chi connectivity index (χ2n) is 10.3. The normalized spacial score (nSPS) is 13.7. The number of halogens is 1. The van der Waals surface area contributed by atoms with Crippen molar-refractivity contribution in [2.75, 3.05) is 11.9 Å². The van der Waals surface area contributed by atoms with Gasteiger partial charge in [0.25, 0.3) is 5.91 Å². The van der Waals surface area contributed by atoms with Gasteiger partial charge in [0, 0.05) is 6.04 Å². The van der Waals surface area contributed by atoms with Crippen molar-refractivity contribution in [2.24, 2.45) is 0 Å². The number of aliphatic hydroxyl groups is 1. The molecule has 0 radical (unpaired) electrons. The number of rotatable bonds is 10. The summed E-state index contributed by atoms with van der Waals surface area (Å²) in [5.41, 5.74) is 2.10. The molecular formula is C29H40ClN3O5. The van der Waals surface area contributed by atoms with Gasteiger partial charge in [0.1, 0.15) is 17.7 Å². The van der Waals surface area contributed by atoms with Gasteiger partial charge in [-0.25, -0.2) is 4.79 Å². The molecule has 2 aromatic carbocycles. The van der Waals surface area contributed by atoms with Crippen molar-refractivity contribution in [2.45, 2.75) is 85.0 Å². The Balaban J connectivity index is 2.56. The Bertz CT molecular complexity index is 1090. The number of benzene rings is 2. The summed E-state index contributed by atoms with van der Waals surface area (Å²) in [5, 5.41) is 15.8. The molecule has 0 aliphatic carbocycles. The minimum absolute atomic E-state index is 0.375. The first-order chi connectivity index (χ1) is 17.8. The van der Waals surface area contributed by atoms with Crippen LogP contribution in [-0.2, 0) is 20.7 Å². The average molecular weight is 546 g/mol. The van der Waals surface area contributed by atoms with Crippen LogP contribution in [0.4, 0.5) is 10.5 Å². The highest BCUT2D eigenvalue weighted by Gasteiger charge is 2.38. The van der Waals surface area contributed by atoms with Crippen LogP contribution in [0.2, 0.25) is 5.02 Å². The van der Waals surface area contributed by atoms with Gasteiger partial charge in [-0.2, -0.15) is 0 Å². The average Bonchev–Trinajstić information content (AvgIpc) is 2.86. The summed E-state index contributed by atoms with van der Waals surface area (Å²) in [5.74, 6) is -1.07. The van der Waals surface area contributed by atoms with E-state index < -0.39 is 48.2 Å². The Hall–Kier alpha value is -3.10. The lowest BCUT2D eigenvalue weighted by Gasteiger charge is -2.38. The van der Waals surface area contributed by atoms with E-state index in [9.17, 15) is 19.5 Å². The molecule has 0 aliphatic rings. The lowest BCUT2D eigenvalue weighted by Crippen LogP contribution is -2.56. The van der Waals surface area contributed by atoms with Crippen molar-refractivity contribution in [3.05, 3.63) is 64.2 Å². The number of amides is 3. The first-order valence-electron chi connectivity index (χ1n) is 12.9. The molecule has 9 heteroatoms. The molecule has 3 N–H and O–H groups in total. The monoisotopic (exact) mass is 545 g/mol. The third-order valence-corrected chi connectivity index (χ3v) is 6.51.